The number of aromatic nitrogens is 1. The van der Waals surface area contributed by atoms with Crippen molar-refractivity contribution in [2.75, 3.05) is 0 Å². The molecule has 22 heavy (non-hydrogen) atoms. The van der Waals surface area contributed by atoms with Gasteiger partial charge in [-0.25, -0.2) is 4.39 Å². The zero-order valence-corrected chi connectivity index (χ0v) is 12.9. The number of rotatable bonds is 6. The molecule has 1 aromatic heterocycles. The largest absolute Gasteiger partial charge is 0.489 e. The molecule has 1 N–H and O–H groups in total. The summed E-state index contributed by atoms with van der Waals surface area (Å²) >= 11 is 0. The van der Waals surface area contributed by atoms with Gasteiger partial charge in [0.1, 0.15) is 23.9 Å². The maximum absolute atomic E-state index is 12.9. The molecule has 1 atom stereocenters. The fourth-order valence-corrected chi connectivity index (χ4v) is 1.82. The Morgan fingerprint density at radius 2 is 2.09 bits per heavy atom. The van der Waals surface area contributed by atoms with Gasteiger partial charge in [-0.05, 0) is 44.5 Å². The molecule has 0 saturated heterocycles. The predicted molar refractivity (Wildman–Crippen MR) is 79.2 cm³/mol. The Balaban J connectivity index is 2.09. The molecule has 0 aliphatic heterocycles. The van der Waals surface area contributed by atoms with Crippen LogP contribution in [0.4, 0.5) is 4.39 Å². The highest BCUT2D eigenvalue weighted by Gasteiger charge is 2.21. The van der Waals surface area contributed by atoms with Gasteiger partial charge in [-0.2, -0.15) is 0 Å². The zero-order chi connectivity index (χ0) is 16.1. The molecular weight excluding hydrogens is 287 g/mol. The van der Waals surface area contributed by atoms with Crippen LogP contribution >= 0.6 is 0 Å². The van der Waals surface area contributed by atoms with E-state index in [4.69, 9.17) is 9.26 Å². The van der Waals surface area contributed by atoms with Crippen molar-refractivity contribution in [3.8, 4) is 5.75 Å². The number of nitrogens with one attached hydrogen (secondary N) is 1. The van der Waals surface area contributed by atoms with Crippen LogP contribution in [0.15, 0.2) is 28.8 Å². The minimum Gasteiger partial charge on any atom is -0.489 e. The first-order valence-electron chi connectivity index (χ1n) is 7.15. The van der Waals surface area contributed by atoms with Crippen molar-refractivity contribution < 1.29 is 18.4 Å². The van der Waals surface area contributed by atoms with Crippen LogP contribution in [0.5, 0.6) is 5.75 Å². The second kappa shape index (κ2) is 7.06. The molecule has 1 heterocycles. The van der Waals surface area contributed by atoms with Crippen LogP contribution in [0, 0.1) is 12.7 Å². The molecule has 0 aliphatic rings. The predicted octanol–water partition coefficient (Wildman–Crippen LogP) is 3.23. The summed E-state index contributed by atoms with van der Waals surface area (Å²) in [6.45, 7) is 5.75. The number of halogens is 1. The standard InChI is InChI=1S/C16H19FN2O3/c1-4-10(2)18-16(20)15-14(11(3)22-19-15)9-21-13-7-5-12(17)6-8-13/h5-8,10H,4,9H2,1-3H3,(H,18,20). The van der Waals surface area contributed by atoms with E-state index in [1.54, 1.807) is 6.92 Å². The van der Waals surface area contributed by atoms with Gasteiger partial charge in [-0.15, -0.1) is 0 Å². The van der Waals surface area contributed by atoms with Gasteiger partial charge in [0.25, 0.3) is 5.91 Å². The van der Waals surface area contributed by atoms with Gasteiger partial charge in [0.05, 0.1) is 5.56 Å². The molecule has 1 amide bonds. The van der Waals surface area contributed by atoms with E-state index in [1.165, 1.54) is 24.3 Å². The summed E-state index contributed by atoms with van der Waals surface area (Å²) in [5, 5.41) is 6.64. The molecule has 2 aromatic rings. The molecule has 0 radical (unpaired) electrons. The third kappa shape index (κ3) is 3.84. The summed E-state index contributed by atoms with van der Waals surface area (Å²) in [5.74, 6) is 0.415. The maximum atomic E-state index is 12.9. The van der Waals surface area contributed by atoms with E-state index in [0.29, 0.717) is 17.1 Å². The number of carbonyl (C=O) groups is 1. The number of carbonyl (C=O) groups excluding carboxylic acids is 1. The smallest absolute Gasteiger partial charge is 0.274 e. The van der Waals surface area contributed by atoms with E-state index in [0.717, 1.165) is 6.42 Å². The first kappa shape index (κ1) is 16.0. The lowest BCUT2D eigenvalue weighted by atomic mass is 10.2. The number of hydrogen-bond acceptors (Lipinski definition) is 4. The summed E-state index contributed by atoms with van der Waals surface area (Å²) < 4.78 is 23.5. The Labute approximate surface area is 128 Å². The number of benzene rings is 1. The molecule has 0 bridgehead atoms. The van der Waals surface area contributed by atoms with E-state index in [-0.39, 0.29) is 30.1 Å². The fraction of sp³-hybridized carbons (Fsp3) is 0.375. The summed E-state index contributed by atoms with van der Waals surface area (Å²) in [6.07, 6.45) is 0.823. The minimum absolute atomic E-state index is 0.0513. The van der Waals surface area contributed by atoms with Crippen LogP contribution < -0.4 is 10.1 Å². The van der Waals surface area contributed by atoms with Gasteiger partial charge < -0.3 is 14.6 Å². The van der Waals surface area contributed by atoms with Crippen molar-refractivity contribution in [2.24, 2.45) is 0 Å². The van der Waals surface area contributed by atoms with Gasteiger partial charge in [-0.3, -0.25) is 4.79 Å². The Kier molecular flexibility index (Phi) is 5.14. The first-order valence-corrected chi connectivity index (χ1v) is 7.15. The van der Waals surface area contributed by atoms with Crippen LogP contribution in [0.2, 0.25) is 0 Å². The second-order valence-electron chi connectivity index (χ2n) is 5.09. The molecule has 5 nitrogen and oxygen atoms in total. The van der Waals surface area contributed by atoms with E-state index in [1.807, 2.05) is 13.8 Å². The lowest BCUT2D eigenvalue weighted by Gasteiger charge is -2.11. The SMILES string of the molecule is CCC(C)NC(=O)c1noc(C)c1COc1ccc(F)cc1. The van der Waals surface area contributed by atoms with E-state index < -0.39 is 0 Å². The average molecular weight is 306 g/mol. The van der Waals surface area contributed by atoms with E-state index in [2.05, 4.69) is 10.5 Å². The summed E-state index contributed by atoms with van der Waals surface area (Å²) in [5.41, 5.74) is 0.810. The average Bonchev–Trinajstić information content (AvgIpc) is 2.87. The molecular formula is C16H19FN2O3. The Morgan fingerprint density at radius 1 is 1.41 bits per heavy atom. The molecule has 1 unspecified atom stereocenters. The van der Waals surface area contributed by atoms with Crippen LogP contribution in [-0.2, 0) is 6.61 Å². The molecule has 0 fully saturated rings. The highest BCUT2D eigenvalue weighted by atomic mass is 19.1. The monoisotopic (exact) mass is 306 g/mol. The normalized spacial score (nSPS) is 12.0. The van der Waals surface area contributed by atoms with Crippen molar-refractivity contribution in [2.45, 2.75) is 39.8 Å². The number of aryl methyl sites for hydroxylation is 1. The van der Waals surface area contributed by atoms with Gasteiger partial charge in [0.2, 0.25) is 0 Å². The Hall–Kier alpha value is -2.37. The molecule has 1 aromatic carbocycles. The minimum atomic E-state index is -0.331. The first-order chi connectivity index (χ1) is 10.5. The summed E-state index contributed by atoms with van der Waals surface area (Å²) in [7, 11) is 0. The quantitative estimate of drug-likeness (QED) is 0.890. The zero-order valence-electron chi connectivity index (χ0n) is 12.9. The lowest BCUT2D eigenvalue weighted by Crippen LogP contribution is -2.32. The van der Waals surface area contributed by atoms with E-state index in [9.17, 15) is 9.18 Å². The highest BCUT2D eigenvalue weighted by molar-refractivity contribution is 5.93. The third-order valence-corrected chi connectivity index (χ3v) is 3.39. The van der Waals surface area contributed by atoms with Crippen molar-refractivity contribution in [3.05, 3.63) is 47.1 Å². The number of hydrogen-bond donors (Lipinski definition) is 1. The topological polar surface area (TPSA) is 64.4 Å². The molecule has 0 spiro atoms. The van der Waals surface area contributed by atoms with Crippen molar-refractivity contribution in [1.29, 1.82) is 0 Å². The van der Waals surface area contributed by atoms with Gasteiger partial charge in [0, 0.05) is 6.04 Å². The van der Waals surface area contributed by atoms with Crippen molar-refractivity contribution >= 4 is 5.91 Å². The third-order valence-electron chi connectivity index (χ3n) is 3.39. The Morgan fingerprint density at radius 3 is 2.73 bits per heavy atom. The van der Waals surface area contributed by atoms with Crippen molar-refractivity contribution in [1.82, 2.24) is 10.5 Å². The second-order valence-corrected chi connectivity index (χ2v) is 5.09. The van der Waals surface area contributed by atoms with Crippen LogP contribution in [0.3, 0.4) is 0 Å². The molecule has 0 aliphatic carbocycles. The van der Waals surface area contributed by atoms with Gasteiger partial charge >= 0.3 is 0 Å². The van der Waals surface area contributed by atoms with Crippen molar-refractivity contribution in [3.63, 3.8) is 0 Å². The summed E-state index contributed by atoms with van der Waals surface area (Å²) in [6, 6.07) is 5.72. The fourth-order valence-electron chi connectivity index (χ4n) is 1.82. The lowest BCUT2D eigenvalue weighted by molar-refractivity contribution is 0.0928. The Bertz CT molecular complexity index is 637. The highest BCUT2D eigenvalue weighted by Crippen LogP contribution is 2.18. The molecule has 118 valence electrons. The van der Waals surface area contributed by atoms with Crippen LogP contribution in [-0.4, -0.2) is 17.1 Å². The number of ether oxygens (including phenoxy) is 1. The maximum Gasteiger partial charge on any atom is 0.274 e. The van der Waals surface area contributed by atoms with Crippen LogP contribution in [0.25, 0.3) is 0 Å². The van der Waals surface area contributed by atoms with E-state index >= 15 is 0 Å². The van der Waals surface area contributed by atoms with Crippen LogP contribution in [0.1, 0.15) is 42.1 Å². The molecule has 0 saturated carbocycles. The number of nitrogens with zero attached hydrogens (tertiary/aromatic N) is 1. The van der Waals surface area contributed by atoms with Gasteiger partial charge in [-0.1, -0.05) is 12.1 Å². The molecule has 2 rings (SSSR count). The number of amides is 1. The summed E-state index contributed by atoms with van der Waals surface area (Å²) in [4.78, 5) is 12.2. The molecule has 6 heteroatoms. The van der Waals surface area contributed by atoms with Gasteiger partial charge in [0.15, 0.2) is 5.69 Å².